The minimum Gasteiger partial charge on any atom is -0.313 e. The monoisotopic (exact) mass is 279 g/mol. The van der Waals surface area contributed by atoms with E-state index in [4.69, 9.17) is 0 Å². The zero-order valence-corrected chi connectivity index (χ0v) is 11.4. The SMILES string of the molecule is CCNCc1cc(F)ccc1Sc1cccc(F)c1. The predicted molar refractivity (Wildman–Crippen MR) is 74.3 cm³/mol. The van der Waals surface area contributed by atoms with Gasteiger partial charge in [-0.15, -0.1) is 0 Å². The molecule has 2 aromatic carbocycles. The maximum absolute atomic E-state index is 13.3. The van der Waals surface area contributed by atoms with E-state index in [1.807, 2.05) is 13.0 Å². The van der Waals surface area contributed by atoms with Crippen molar-refractivity contribution in [3.8, 4) is 0 Å². The Balaban J connectivity index is 2.23. The van der Waals surface area contributed by atoms with Crippen molar-refractivity contribution in [1.29, 1.82) is 0 Å². The fourth-order valence-corrected chi connectivity index (χ4v) is 2.67. The fraction of sp³-hybridized carbons (Fsp3) is 0.200. The van der Waals surface area contributed by atoms with Crippen molar-refractivity contribution in [3.63, 3.8) is 0 Å². The van der Waals surface area contributed by atoms with Crippen molar-refractivity contribution in [2.24, 2.45) is 0 Å². The standard InChI is InChI=1S/C15H15F2NS/c1-2-18-10-11-8-13(17)6-7-15(11)19-14-5-3-4-12(16)9-14/h3-9,18H,2,10H2,1H3. The summed E-state index contributed by atoms with van der Waals surface area (Å²) >= 11 is 1.44. The maximum Gasteiger partial charge on any atom is 0.124 e. The first-order valence-electron chi connectivity index (χ1n) is 6.11. The van der Waals surface area contributed by atoms with Crippen LogP contribution < -0.4 is 5.32 Å². The molecule has 100 valence electrons. The van der Waals surface area contributed by atoms with Crippen LogP contribution in [-0.2, 0) is 6.54 Å². The molecule has 19 heavy (non-hydrogen) atoms. The number of benzene rings is 2. The summed E-state index contributed by atoms with van der Waals surface area (Å²) in [5.74, 6) is -0.517. The van der Waals surface area contributed by atoms with Crippen LogP contribution in [0, 0.1) is 11.6 Å². The summed E-state index contributed by atoms with van der Waals surface area (Å²) < 4.78 is 26.4. The Morgan fingerprint density at radius 2 is 1.84 bits per heavy atom. The Hall–Kier alpha value is -1.39. The van der Waals surface area contributed by atoms with Gasteiger partial charge in [0, 0.05) is 16.3 Å². The Labute approximate surface area is 116 Å². The third-order valence-corrected chi connectivity index (χ3v) is 3.72. The highest BCUT2D eigenvalue weighted by molar-refractivity contribution is 7.99. The van der Waals surface area contributed by atoms with E-state index < -0.39 is 0 Å². The van der Waals surface area contributed by atoms with E-state index in [0.29, 0.717) is 6.54 Å². The summed E-state index contributed by atoms with van der Waals surface area (Å²) in [6, 6.07) is 11.1. The molecule has 0 fully saturated rings. The molecule has 0 spiro atoms. The quantitative estimate of drug-likeness (QED) is 0.879. The van der Waals surface area contributed by atoms with Gasteiger partial charge in [0.25, 0.3) is 0 Å². The lowest BCUT2D eigenvalue weighted by molar-refractivity contribution is 0.618. The molecule has 0 unspecified atom stereocenters. The molecule has 0 aliphatic carbocycles. The molecule has 0 radical (unpaired) electrons. The predicted octanol–water partition coefficient (Wildman–Crippen LogP) is 4.23. The average molecular weight is 279 g/mol. The molecule has 0 heterocycles. The Bertz CT molecular complexity index is 558. The van der Waals surface area contributed by atoms with E-state index in [9.17, 15) is 8.78 Å². The molecule has 0 aliphatic rings. The van der Waals surface area contributed by atoms with E-state index >= 15 is 0 Å². The third kappa shape index (κ3) is 4.04. The molecule has 1 nitrogen and oxygen atoms in total. The van der Waals surface area contributed by atoms with Crippen LogP contribution in [0.3, 0.4) is 0 Å². The molecular formula is C15H15F2NS. The van der Waals surface area contributed by atoms with Gasteiger partial charge >= 0.3 is 0 Å². The summed E-state index contributed by atoms with van der Waals surface area (Å²) in [6.07, 6.45) is 0. The van der Waals surface area contributed by atoms with Crippen molar-refractivity contribution >= 4 is 11.8 Å². The minimum absolute atomic E-state index is 0.253. The van der Waals surface area contributed by atoms with Crippen LogP contribution in [0.1, 0.15) is 12.5 Å². The van der Waals surface area contributed by atoms with Crippen LogP contribution in [0.15, 0.2) is 52.3 Å². The van der Waals surface area contributed by atoms with E-state index in [1.165, 1.54) is 36.0 Å². The van der Waals surface area contributed by atoms with Crippen LogP contribution in [-0.4, -0.2) is 6.54 Å². The van der Waals surface area contributed by atoms with Crippen LogP contribution in [0.5, 0.6) is 0 Å². The molecule has 4 heteroatoms. The zero-order chi connectivity index (χ0) is 13.7. The number of rotatable bonds is 5. The topological polar surface area (TPSA) is 12.0 Å². The van der Waals surface area contributed by atoms with Crippen molar-refractivity contribution < 1.29 is 8.78 Å². The van der Waals surface area contributed by atoms with Gasteiger partial charge in [-0.25, -0.2) is 8.78 Å². The van der Waals surface area contributed by atoms with Gasteiger partial charge in [0.05, 0.1) is 0 Å². The second-order valence-electron chi connectivity index (χ2n) is 4.09. The van der Waals surface area contributed by atoms with Crippen LogP contribution in [0.2, 0.25) is 0 Å². The van der Waals surface area contributed by atoms with Gasteiger partial charge in [0.2, 0.25) is 0 Å². The molecule has 2 rings (SSSR count). The van der Waals surface area contributed by atoms with E-state index in [0.717, 1.165) is 21.9 Å². The molecule has 0 saturated heterocycles. The Morgan fingerprint density at radius 3 is 2.58 bits per heavy atom. The second-order valence-corrected chi connectivity index (χ2v) is 5.21. The molecule has 0 atom stereocenters. The summed E-state index contributed by atoms with van der Waals surface area (Å²) in [5, 5.41) is 3.18. The third-order valence-electron chi connectivity index (χ3n) is 2.61. The molecule has 0 amide bonds. The van der Waals surface area contributed by atoms with Crippen LogP contribution in [0.4, 0.5) is 8.78 Å². The number of nitrogens with one attached hydrogen (secondary N) is 1. The minimum atomic E-state index is -0.264. The van der Waals surface area contributed by atoms with Gasteiger partial charge in [0.1, 0.15) is 11.6 Å². The average Bonchev–Trinajstić information content (AvgIpc) is 2.39. The highest BCUT2D eigenvalue weighted by Gasteiger charge is 2.06. The van der Waals surface area contributed by atoms with Crippen LogP contribution in [0.25, 0.3) is 0 Å². The summed E-state index contributed by atoms with van der Waals surface area (Å²) in [6.45, 7) is 3.42. The fourth-order valence-electron chi connectivity index (χ4n) is 1.70. The van der Waals surface area contributed by atoms with E-state index in [-0.39, 0.29) is 11.6 Å². The van der Waals surface area contributed by atoms with Gasteiger partial charge in [-0.2, -0.15) is 0 Å². The summed E-state index contributed by atoms with van der Waals surface area (Å²) in [4.78, 5) is 1.75. The van der Waals surface area contributed by atoms with E-state index in [1.54, 1.807) is 12.1 Å². The number of hydrogen-bond acceptors (Lipinski definition) is 2. The van der Waals surface area contributed by atoms with Crippen molar-refractivity contribution in [1.82, 2.24) is 5.32 Å². The normalized spacial score (nSPS) is 10.7. The Kier molecular flexibility index (Phi) is 4.93. The molecule has 0 saturated carbocycles. The van der Waals surface area contributed by atoms with Crippen molar-refractivity contribution in [3.05, 3.63) is 59.7 Å². The van der Waals surface area contributed by atoms with Gasteiger partial charge in [-0.1, -0.05) is 24.8 Å². The molecule has 1 N–H and O–H groups in total. The number of hydrogen-bond donors (Lipinski definition) is 1. The second kappa shape index (κ2) is 6.68. The van der Waals surface area contributed by atoms with Gasteiger partial charge in [0.15, 0.2) is 0 Å². The molecule has 0 aromatic heterocycles. The first-order valence-corrected chi connectivity index (χ1v) is 6.93. The van der Waals surface area contributed by atoms with Crippen molar-refractivity contribution in [2.75, 3.05) is 6.54 Å². The van der Waals surface area contributed by atoms with Crippen LogP contribution >= 0.6 is 11.8 Å². The lowest BCUT2D eigenvalue weighted by Gasteiger charge is -2.10. The largest absolute Gasteiger partial charge is 0.313 e. The summed E-state index contributed by atoms with van der Waals surface area (Å²) in [5.41, 5.74) is 0.885. The summed E-state index contributed by atoms with van der Waals surface area (Å²) in [7, 11) is 0. The van der Waals surface area contributed by atoms with Crippen molar-refractivity contribution in [2.45, 2.75) is 23.3 Å². The smallest absolute Gasteiger partial charge is 0.124 e. The molecule has 0 aliphatic heterocycles. The molecule has 2 aromatic rings. The lowest BCUT2D eigenvalue weighted by atomic mass is 10.2. The maximum atomic E-state index is 13.3. The molecular weight excluding hydrogens is 264 g/mol. The Morgan fingerprint density at radius 1 is 1.05 bits per heavy atom. The number of halogens is 2. The van der Waals surface area contributed by atoms with E-state index in [2.05, 4.69) is 5.32 Å². The highest BCUT2D eigenvalue weighted by atomic mass is 32.2. The molecule has 0 bridgehead atoms. The first kappa shape index (κ1) is 14.0. The first-order chi connectivity index (χ1) is 9.19. The lowest BCUT2D eigenvalue weighted by Crippen LogP contribution is -2.12. The zero-order valence-electron chi connectivity index (χ0n) is 10.6. The van der Waals surface area contributed by atoms with Gasteiger partial charge < -0.3 is 5.32 Å². The highest BCUT2D eigenvalue weighted by Crippen LogP contribution is 2.31. The van der Waals surface area contributed by atoms with Gasteiger partial charge in [-0.05, 0) is 48.5 Å². The van der Waals surface area contributed by atoms with Gasteiger partial charge in [-0.3, -0.25) is 0 Å².